The molecule has 1 atom stereocenters. The number of carboxylic acids is 1. The van der Waals surface area contributed by atoms with Crippen LogP contribution in [0.1, 0.15) is 33.7 Å². The number of halogens is 2. The van der Waals surface area contributed by atoms with Crippen molar-refractivity contribution in [2.24, 2.45) is 0 Å². The number of rotatable bonds is 13. The smallest absolute Gasteiger partial charge is 0.305 e. The van der Waals surface area contributed by atoms with E-state index in [2.05, 4.69) is 20.1 Å². The molecule has 4 aromatic rings. The third-order valence-electron chi connectivity index (χ3n) is 5.95. The van der Waals surface area contributed by atoms with Crippen molar-refractivity contribution in [1.82, 2.24) is 24.9 Å². The number of ketones is 2. The molecule has 212 valence electrons. The van der Waals surface area contributed by atoms with Crippen molar-refractivity contribution in [1.29, 1.82) is 0 Å². The van der Waals surface area contributed by atoms with Crippen LogP contribution in [0.3, 0.4) is 0 Å². The number of nitrogens with zero attached hydrogens (tertiary/aromatic N) is 4. The second kappa shape index (κ2) is 13.1. The van der Waals surface area contributed by atoms with Crippen molar-refractivity contribution in [3.05, 3.63) is 105 Å². The van der Waals surface area contributed by atoms with Gasteiger partial charge in [-0.3, -0.25) is 14.4 Å². The van der Waals surface area contributed by atoms with Crippen LogP contribution >= 0.6 is 23.2 Å². The number of aliphatic carboxylic acids is 1. The molecule has 14 heteroatoms. The minimum atomic E-state index is -4.30. The molecule has 0 saturated heterocycles. The zero-order valence-corrected chi connectivity index (χ0v) is 23.6. The van der Waals surface area contributed by atoms with Gasteiger partial charge in [-0.05, 0) is 40.6 Å². The van der Waals surface area contributed by atoms with Crippen LogP contribution < -0.4 is 4.72 Å². The number of tetrazole rings is 1. The number of hydrogen-bond donors (Lipinski definition) is 2. The first-order chi connectivity index (χ1) is 19.5. The molecule has 0 saturated carbocycles. The van der Waals surface area contributed by atoms with Crippen LogP contribution in [0.2, 0.25) is 10.0 Å². The highest BCUT2D eigenvalue weighted by atomic mass is 35.5. The SMILES string of the molecule is O=C(O)CC(NS(=O)(=O)c1ccc(CC(=O)c2ccccc2)cc1)C(=O)Cn1nnc(Cc2c(Cl)cccc2Cl)n1. The number of carboxylic acid groups (broad SMARTS) is 1. The number of carbonyl (C=O) groups excluding carboxylic acids is 2. The monoisotopic (exact) mass is 615 g/mol. The minimum absolute atomic E-state index is 0.0630. The molecule has 0 fully saturated rings. The predicted octanol–water partition coefficient (Wildman–Crippen LogP) is 3.39. The van der Waals surface area contributed by atoms with E-state index in [1.807, 2.05) is 0 Å². The van der Waals surface area contributed by atoms with Gasteiger partial charge in [0.25, 0.3) is 0 Å². The molecule has 41 heavy (non-hydrogen) atoms. The van der Waals surface area contributed by atoms with Gasteiger partial charge in [-0.2, -0.15) is 9.52 Å². The number of aromatic nitrogens is 4. The van der Waals surface area contributed by atoms with E-state index >= 15 is 0 Å². The van der Waals surface area contributed by atoms with Crippen molar-refractivity contribution in [2.45, 2.75) is 36.7 Å². The Bertz CT molecular complexity index is 1660. The molecule has 2 N–H and O–H groups in total. The maximum Gasteiger partial charge on any atom is 0.305 e. The van der Waals surface area contributed by atoms with Gasteiger partial charge in [0.15, 0.2) is 17.4 Å². The molecule has 3 aromatic carbocycles. The summed E-state index contributed by atoms with van der Waals surface area (Å²) in [7, 11) is -4.30. The summed E-state index contributed by atoms with van der Waals surface area (Å²) in [4.78, 5) is 37.5. The quantitative estimate of drug-likeness (QED) is 0.215. The number of sulfonamides is 1. The average molecular weight is 616 g/mol. The summed E-state index contributed by atoms with van der Waals surface area (Å²) in [6.07, 6.45) is -0.614. The van der Waals surface area contributed by atoms with Crippen LogP contribution in [0, 0.1) is 0 Å². The second-order valence-corrected chi connectivity index (χ2v) is 11.5. The summed E-state index contributed by atoms with van der Waals surface area (Å²) < 4.78 is 28.2. The van der Waals surface area contributed by atoms with E-state index in [-0.39, 0.29) is 29.3 Å². The maximum absolute atomic E-state index is 13.0. The lowest BCUT2D eigenvalue weighted by atomic mass is 10.0. The van der Waals surface area contributed by atoms with Gasteiger partial charge < -0.3 is 5.11 Å². The van der Waals surface area contributed by atoms with Crippen molar-refractivity contribution < 1.29 is 27.9 Å². The first-order valence-electron chi connectivity index (χ1n) is 12.2. The van der Waals surface area contributed by atoms with E-state index in [0.717, 1.165) is 4.80 Å². The lowest BCUT2D eigenvalue weighted by molar-refractivity contribution is -0.139. The van der Waals surface area contributed by atoms with Gasteiger partial charge in [-0.1, -0.05) is 71.7 Å². The van der Waals surface area contributed by atoms with Crippen molar-refractivity contribution >= 4 is 50.8 Å². The maximum atomic E-state index is 13.0. The molecular formula is C27H23Cl2N5O6S. The first-order valence-corrected chi connectivity index (χ1v) is 14.4. The van der Waals surface area contributed by atoms with E-state index in [1.54, 1.807) is 48.5 Å². The summed E-state index contributed by atoms with van der Waals surface area (Å²) in [5.41, 5.74) is 1.68. The fourth-order valence-corrected chi connectivity index (χ4v) is 5.62. The molecular weight excluding hydrogens is 593 g/mol. The highest BCUT2D eigenvalue weighted by Gasteiger charge is 2.29. The minimum Gasteiger partial charge on any atom is -0.481 e. The molecule has 1 heterocycles. The molecule has 4 rings (SSSR count). The van der Waals surface area contributed by atoms with Crippen LogP contribution in [-0.4, -0.2) is 57.3 Å². The molecule has 0 radical (unpaired) electrons. The van der Waals surface area contributed by atoms with Crippen LogP contribution in [-0.2, 0) is 39.0 Å². The standard InChI is InChI=1S/C27H23Cl2N5O6S/c28-21-7-4-8-22(29)20(21)14-26-30-33-34(31-26)16-25(36)23(15-27(37)38)32-41(39,40)19-11-9-17(10-12-19)13-24(35)18-5-2-1-3-6-18/h1-12,23,32H,13-16H2,(H,37,38). The molecule has 0 aliphatic rings. The zero-order chi connectivity index (χ0) is 29.6. The fraction of sp³-hybridized carbons (Fsp3) is 0.185. The van der Waals surface area contributed by atoms with Gasteiger partial charge in [0.2, 0.25) is 10.0 Å². The Morgan fingerprint density at radius 3 is 2.22 bits per heavy atom. The van der Waals surface area contributed by atoms with Crippen LogP contribution in [0.5, 0.6) is 0 Å². The highest BCUT2D eigenvalue weighted by molar-refractivity contribution is 7.89. The molecule has 0 bridgehead atoms. The van der Waals surface area contributed by atoms with Gasteiger partial charge in [0, 0.05) is 28.5 Å². The Balaban J connectivity index is 1.43. The van der Waals surface area contributed by atoms with Crippen LogP contribution in [0.25, 0.3) is 0 Å². The molecule has 0 aliphatic carbocycles. The van der Waals surface area contributed by atoms with Crippen molar-refractivity contribution in [2.75, 3.05) is 0 Å². The van der Waals surface area contributed by atoms with Gasteiger partial charge in [-0.25, -0.2) is 8.42 Å². The second-order valence-electron chi connectivity index (χ2n) is 8.96. The van der Waals surface area contributed by atoms with E-state index in [0.29, 0.717) is 26.7 Å². The third-order valence-corrected chi connectivity index (χ3v) is 8.14. The summed E-state index contributed by atoms with van der Waals surface area (Å²) in [6.45, 7) is -0.537. The molecule has 11 nitrogen and oxygen atoms in total. The lowest BCUT2D eigenvalue weighted by Gasteiger charge is -2.16. The van der Waals surface area contributed by atoms with Gasteiger partial charge in [0.1, 0.15) is 6.54 Å². The van der Waals surface area contributed by atoms with Gasteiger partial charge in [0.05, 0.1) is 17.4 Å². The van der Waals surface area contributed by atoms with Crippen molar-refractivity contribution in [3.8, 4) is 0 Å². The fourth-order valence-electron chi connectivity index (χ4n) is 3.87. The Hall–Kier alpha value is -3.97. The van der Waals surface area contributed by atoms with Crippen LogP contribution in [0.15, 0.2) is 77.7 Å². The largest absolute Gasteiger partial charge is 0.481 e. The molecule has 0 amide bonds. The Labute approximate surface area is 245 Å². The van der Waals surface area contributed by atoms with Crippen molar-refractivity contribution in [3.63, 3.8) is 0 Å². The first kappa shape index (κ1) is 30.0. The average Bonchev–Trinajstić information content (AvgIpc) is 3.37. The number of hydrogen-bond acceptors (Lipinski definition) is 8. The normalized spacial score (nSPS) is 12.1. The van der Waals surface area contributed by atoms with Crippen LogP contribution in [0.4, 0.5) is 0 Å². The Morgan fingerprint density at radius 1 is 0.927 bits per heavy atom. The lowest BCUT2D eigenvalue weighted by Crippen LogP contribution is -2.43. The number of Topliss-reactive ketones (excluding diaryl/α,β-unsaturated/α-hetero) is 2. The number of nitrogens with one attached hydrogen (secondary N) is 1. The van der Waals surface area contributed by atoms with Gasteiger partial charge in [-0.15, -0.1) is 10.2 Å². The van der Waals surface area contributed by atoms with E-state index in [4.69, 9.17) is 23.2 Å². The Morgan fingerprint density at radius 2 is 1.59 bits per heavy atom. The van der Waals surface area contributed by atoms with E-state index in [1.165, 1.54) is 24.3 Å². The molecule has 0 spiro atoms. The summed E-state index contributed by atoms with van der Waals surface area (Å²) in [6, 6.07) is 17.6. The summed E-state index contributed by atoms with van der Waals surface area (Å²) in [5.74, 6) is -2.11. The summed E-state index contributed by atoms with van der Waals surface area (Å²) in [5, 5.41) is 21.9. The van der Waals surface area contributed by atoms with Gasteiger partial charge >= 0.3 is 5.97 Å². The number of benzene rings is 3. The zero-order valence-electron chi connectivity index (χ0n) is 21.3. The molecule has 1 aromatic heterocycles. The highest BCUT2D eigenvalue weighted by Crippen LogP contribution is 2.25. The molecule has 1 unspecified atom stereocenters. The molecule has 0 aliphatic heterocycles. The number of carbonyl (C=O) groups is 3. The Kier molecular flexibility index (Phi) is 9.61. The predicted molar refractivity (Wildman–Crippen MR) is 149 cm³/mol. The topological polar surface area (TPSA) is 161 Å². The third kappa shape index (κ3) is 8.04. The van der Waals surface area contributed by atoms with E-state index in [9.17, 15) is 27.9 Å². The van der Waals surface area contributed by atoms with E-state index < -0.39 is 40.8 Å². The summed E-state index contributed by atoms with van der Waals surface area (Å²) >= 11 is 12.3.